The fourth-order valence-corrected chi connectivity index (χ4v) is 4.06. The molecular formula is C18H19ClN2O5S. The molecule has 0 spiro atoms. The van der Waals surface area contributed by atoms with Crippen LogP contribution in [0.3, 0.4) is 0 Å². The van der Waals surface area contributed by atoms with E-state index in [9.17, 15) is 19.5 Å². The predicted molar refractivity (Wildman–Crippen MR) is 103 cm³/mol. The quantitative estimate of drug-likeness (QED) is 0.767. The zero-order chi connectivity index (χ0) is 19.6. The molecule has 2 heterocycles. The first kappa shape index (κ1) is 19.6. The number of amides is 3. The van der Waals surface area contributed by atoms with Gasteiger partial charge in [-0.25, -0.2) is 0 Å². The lowest BCUT2D eigenvalue weighted by Crippen LogP contribution is -2.44. The van der Waals surface area contributed by atoms with E-state index >= 15 is 0 Å². The zero-order valence-electron chi connectivity index (χ0n) is 14.7. The summed E-state index contributed by atoms with van der Waals surface area (Å²) < 4.78 is 5.04. The van der Waals surface area contributed by atoms with E-state index in [4.69, 9.17) is 16.3 Å². The molecule has 0 radical (unpaired) electrons. The first-order valence-corrected chi connectivity index (χ1v) is 9.70. The van der Waals surface area contributed by atoms with E-state index in [-0.39, 0.29) is 34.4 Å². The number of phenolic OH excluding ortho intramolecular Hbond substituents is 1. The van der Waals surface area contributed by atoms with E-state index in [2.05, 4.69) is 0 Å². The number of halogens is 1. The van der Waals surface area contributed by atoms with Crippen molar-refractivity contribution in [1.29, 1.82) is 0 Å². The summed E-state index contributed by atoms with van der Waals surface area (Å²) in [6.45, 7) is 1.04. The summed E-state index contributed by atoms with van der Waals surface area (Å²) in [4.78, 5) is 39.9. The summed E-state index contributed by atoms with van der Waals surface area (Å²) in [5.41, 5.74) is 0.257. The number of nitrogens with zero attached hydrogens (tertiary/aromatic N) is 2. The largest absolute Gasteiger partial charge is 0.504 e. The van der Waals surface area contributed by atoms with E-state index in [0.717, 1.165) is 35.9 Å². The Hall–Kier alpha value is -2.19. The number of benzene rings is 1. The summed E-state index contributed by atoms with van der Waals surface area (Å²) in [6.07, 6.45) is 4.33. The molecule has 0 aromatic heterocycles. The third-order valence-electron chi connectivity index (χ3n) is 4.45. The highest BCUT2D eigenvalue weighted by atomic mass is 35.5. The summed E-state index contributed by atoms with van der Waals surface area (Å²) >= 11 is 6.72. The van der Waals surface area contributed by atoms with Crippen molar-refractivity contribution in [1.82, 2.24) is 9.80 Å². The number of aromatic hydroxyl groups is 1. The Morgan fingerprint density at radius 2 is 2.00 bits per heavy atom. The summed E-state index contributed by atoms with van der Waals surface area (Å²) in [5, 5.41) is 10.0. The number of carbonyl (C=O) groups is 3. The van der Waals surface area contributed by atoms with E-state index in [0.29, 0.717) is 18.1 Å². The van der Waals surface area contributed by atoms with Crippen LogP contribution >= 0.6 is 23.4 Å². The fraction of sp³-hybridized carbons (Fsp3) is 0.389. The monoisotopic (exact) mass is 410 g/mol. The SMILES string of the molecule is COc1cc(Cl)cc(/C=C2\SC(=O)N(CC(=O)N3CCCCC3)C2=O)c1O. The van der Waals surface area contributed by atoms with Crippen LogP contribution in [-0.2, 0) is 9.59 Å². The topological polar surface area (TPSA) is 87.2 Å². The average Bonchev–Trinajstić information content (AvgIpc) is 2.92. The first-order valence-electron chi connectivity index (χ1n) is 8.50. The number of hydrogen-bond acceptors (Lipinski definition) is 6. The fourth-order valence-electron chi connectivity index (χ4n) is 3.02. The van der Waals surface area contributed by atoms with Gasteiger partial charge in [-0.3, -0.25) is 19.3 Å². The predicted octanol–water partition coefficient (Wildman–Crippen LogP) is 3.10. The highest BCUT2D eigenvalue weighted by Crippen LogP contribution is 2.38. The van der Waals surface area contributed by atoms with E-state index < -0.39 is 11.1 Å². The van der Waals surface area contributed by atoms with Gasteiger partial charge in [0, 0.05) is 29.7 Å². The Balaban J connectivity index is 1.79. The third kappa shape index (κ3) is 4.22. The number of ether oxygens (including phenoxy) is 1. The van der Waals surface area contributed by atoms with E-state index in [1.165, 1.54) is 25.3 Å². The maximum atomic E-state index is 12.6. The molecule has 7 nitrogen and oxygen atoms in total. The summed E-state index contributed by atoms with van der Waals surface area (Å²) in [5.74, 6) is -0.814. The van der Waals surface area contributed by atoms with Crippen molar-refractivity contribution in [3.8, 4) is 11.5 Å². The minimum atomic E-state index is -0.561. The van der Waals surface area contributed by atoms with Crippen LogP contribution in [0.15, 0.2) is 17.0 Å². The maximum absolute atomic E-state index is 12.6. The van der Waals surface area contributed by atoms with Crippen molar-refractivity contribution >= 4 is 46.5 Å². The van der Waals surface area contributed by atoms with E-state index in [1.54, 1.807) is 4.90 Å². The van der Waals surface area contributed by atoms with E-state index in [1.807, 2.05) is 0 Å². The molecule has 0 aliphatic carbocycles. The third-order valence-corrected chi connectivity index (χ3v) is 5.58. The van der Waals surface area contributed by atoms with Crippen molar-refractivity contribution in [2.45, 2.75) is 19.3 Å². The van der Waals surface area contributed by atoms with Gasteiger partial charge in [0.05, 0.1) is 12.0 Å². The molecule has 1 aromatic carbocycles. The summed E-state index contributed by atoms with van der Waals surface area (Å²) in [6, 6.07) is 2.91. The molecule has 0 atom stereocenters. The van der Waals surface area contributed by atoms with Gasteiger partial charge in [-0.05, 0) is 43.2 Å². The number of imide groups is 1. The zero-order valence-corrected chi connectivity index (χ0v) is 16.3. The lowest BCUT2D eigenvalue weighted by molar-refractivity contribution is -0.136. The molecule has 0 saturated carbocycles. The number of carbonyl (C=O) groups excluding carboxylic acids is 3. The number of piperidine rings is 1. The van der Waals surface area contributed by atoms with Crippen molar-refractivity contribution < 1.29 is 24.2 Å². The number of likely N-dealkylation sites (tertiary alicyclic amines) is 1. The second kappa shape index (κ2) is 8.22. The Kier molecular flexibility index (Phi) is 5.96. The molecule has 1 N–H and O–H groups in total. The lowest BCUT2D eigenvalue weighted by Gasteiger charge is -2.27. The normalized spacial score (nSPS) is 19.1. The molecule has 2 aliphatic heterocycles. The van der Waals surface area contributed by atoms with Crippen LogP contribution in [0.4, 0.5) is 4.79 Å². The second-order valence-corrected chi connectivity index (χ2v) is 7.68. The van der Waals surface area contributed by atoms with Crippen molar-refractivity contribution in [2.24, 2.45) is 0 Å². The molecule has 2 fully saturated rings. The summed E-state index contributed by atoms with van der Waals surface area (Å²) in [7, 11) is 1.38. The molecule has 3 amide bonds. The van der Waals surface area contributed by atoms with Crippen LogP contribution in [0, 0.1) is 0 Å². The van der Waals surface area contributed by atoms with Gasteiger partial charge in [-0.2, -0.15) is 0 Å². The molecular weight excluding hydrogens is 392 g/mol. The number of rotatable bonds is 4. The molecule has 9 heteroatoms. The molecule has 2 aliphatic rings. The molecule has 144 valence electrons. The molecule has 0 unspecified atom stereocenters. The van der Waals surface area contributed by atoms with Crippen molar-refractivity contribution in [3.63, 3.8) is 0 Å². The van der Waals surface area contributed by atoms with Gasteiger partial charge in [0.1, 0.15) is 6.54 Å². The van der Waals surface area contributed by atoms with Gasteiger partial charge in [0.2, 0.25) is 5.91 Å². The minimum absolute atomic E-state index is 0.117. The standard InChI is InChI=1S/C18H19ClN2O5S/c1-26-13-9-12(19)7-11(16(13)23)8-14-17(24)21(18(25)27-14)10-15(22)20-5-3-2-4-6-20/h7-9,23H,2-6,10H2,1H3/b14-8-. The highest BCUT2D eigenvalue weighted by Gasteiger charge is 2.37. The van der Waals surface area contributed by atoms with Crippen molar-refractivity contribution in [3.05, 3.63) is 27.6 Å². The molecule has 1 aromatic rings. The highest BCUT2D eigenvalue weighted by molar-refractivity contribution is 8.18. The Bertz CT molecular complexity index is 820. The number of methoxy groups -OCH3 is 1. The van der Waals surface area contributed by atoms with Crippen LogP contribution in [-0.4, -0.2) is 58.7 Å². The van der Waals surface area contributed by atoms with Crippen LogP contribution in [0.1, 0.15) is 24.8 Å². The Labute approximate surface area is 165 Å². The van der Waals surface area contributed by atoms with Crippen LogP contribution in [0.2, 0.25) is 5.02 Å². The van der Waals surface area contributed by atoms with Crippen LogP contribution in [0.25, 0.3) is 6.08 Å². The molecule has 27 heavy (non-hydrogen) atoms. The molecule has 0 bridgehead atoms. The molecule has 3 rings (SSSR count). The number of hydrogen-bond donors (Lipinski definition) is 1. The Morgan fingerprint density at radius 1 is 1.30 bits per heavy atom. The van der Waals surface area contributed by atoms with Gasteiger partial charge in [0.25, 0.3) is 11.1 Å². The van der Waals surface area contributed by atoms with Gasteiger partial charge in [0.15, 0.2) is 11.5 Å². The maximum Gasteiger partial charge on any atom is 0.294 e. The first-order chi connectivity index (χ1) is 12.9. The van der Waals surface area contributed by atoms with Crippen LogP contribution in [0.5, 0.6) is 11.5 Å². The second-order valence-electron chi connectivity index (χ2n) is 6.26. The molecule has 2 saturated heterocycles. The number of thioether (sulfide) groups is 1. The van der Waals surface area contributed by atoms with Crippen molar-refractivity contribution in [2.75, 3.05) is 26.7 Å². The van der Waals surface area contributed by atoms with Gasteiger partial charge in [-0.15, -0.1) is 0 Å². The lowest BCUT2D eigenvalue weighted by atomic mass is 10.1. The van der Waals surface area contributed by atoms with Crippen LogP contribution < -0.4 is 4.74 Å². The van der Waals surface area contributed by atoms with Gasteiger partial charge < -0.3 is 14.7 Å². The average molecular weight is 411 g/mol. The number of phenols is 1. The minimum Gasteiger partial charge on any atom is -0.504 e. The van der Waals surface area contributed by atoms with Gasteiger partial charge >= 0.3 is 0 Å². The Morgan fingerprint density at radius 3 is 2.67 bits per heavy atom. The van der Waals surface area contributed by atoms with Gasteiger partial charge in [-0.1, -0.05) is 11.6 Å². The smallest absolute Gasteiger partial charge is 0.294 e.